The Balaban J connectivity index is 1.52. The lowest BCUT2D eigenvalue weighted by Gasteiger charge is -2.28. The van der Waals surface area contributed by atoms with Crippen molar-refractivity contribution in [2.45, 2.75) is 19.0 Å². The molecule has 3 heterocycles. The lowest BCUT2D eigenvalue weighted by atomic mass is 9.89. The average Bonchev–Trinajstić information content (AvgIpc) is 3.29. The number of fused-ring (bicyclic) bond motifs is 1. The normalized spacial score (nSPS) is 26.4. The summed E-state index contributed by atoms with van der Waals surface area (Å²) in [5.74, 6) is 1.35. The molecule has 1 N–H and O–H groups in total. The van der Waals surface area contributed by atoms with Crippen LogP contribution < -0.4 is 5.32 Å². The van der Waals surface area contributed by atoms with Crippen molar-refractivity contribution < 1.29 is 4.79 Å². The van der Waals surface area contributed by atoms with Crippen LogP contribution in [-0.2, 0) is 11.3 Å². The molecule has 2 saturated heterocycles. The summed E-state index contributed by atoms with van der Waals surface area (Å²) in [5.41, 5.74) is 1.26. The molecule has 4 rings (SSSR count). The molecule has 0 spiro atoms. The Kier molecular flexibility index (Phi) is 3.87. The van der Waals surface area contributed by atoms with Gasteiger partial charge in [0, 0.05) is 50.9 Å². The monoisotopic (exact) mass is 310 g/mol. The van der Waals surface area contributed by atoms with Crippen LogP contribution in [0.3, 0.4) is 0 Å². The number of benzene rings is 1. The highest BCUT2D eigenvalue weighted by Gasteiger charge is 2.46. The summed E-state index contributed by atoms with van der Waals surface area (Å²) < 4.78 is 1.83. The van der Waals surface area contributed by atoms with E-state index >= 15 is 0 Å². The fraction of sp³-hybridized carbons (Fsp3) is 0.444. The van der Waals surface area contributed by atoms with Crippen molar-refractivity contribution in [3.63, 3.8) is 0 Å². The first kappa shape index (κ1) is 14.5. The van der Waals surface area contributed by atoms with Gasteiger partial charge in [-0.2, -0.15) is 5.10 Å². The van der Waals surface area contributed by atoms with E-state index in [9.17, 15) is 4.79 Å². The zero-order chi connectivity index (χ0) is 15.6. The number of aryl methyl sites for hydroxylation is 1. The number of carbonyl (C=O) groups is 1. The highest BCUT2D eigenvalue weighted by atomic mass is 16.2. The maximum Gasteiger partial charge on any atom is 0.224 e. The minimum atomic E-state index is 0.210. The molecule has 0 unspecified atom stereocenters. The number of nitrogens with one attached hydrogen (secondary N) is 1. The summed E-state index contributed by atoms with van der Waals surface area (Å²) >= 11 is 0. The number of nitrogens with zero attached hydrogens (tertiary/aromatic N) is 3. The van der Waals surface area contributed by atoms with Gasteiger partial charge in [0.05, 0.1) is 6.04 Å². The molecular formula is C18H22N4O. The summed E-state index contributed by atoms with van der Waals surface area (Å²) in [6, 6.07) is 12.6. The maximum atomic E-state index is 12.8. The highest BCUT2D eigenvalue weighted by molar-refractivity contribution is 5.77. The number of amides is 1. The summed E-state index contributed by atoms with van der Waals surface area (Å²) in [4.78, 5) is 14.9. The van der Waals surface area contributed by atoms with E-state index in [1.54, 1.807) is 6.20 Å². The van der Waals surface area contributed by atoms with Gasteiger partial charge in [0.25, 0.3) is 0 Å². The van der Waals surface area contributed by atoms with E-state index in [-0.39, 0.29) is 11.9 Å². The van der Waals surface area contributed by atoms with Crippen LogP contribution in [0.25, 0.3) is 0 Å². The minimum absolute atomic E-state index is 0.210. The summed E-state index contributed by atoms with van der Waals surface area (Å²) in [6.45, 7) is 3.55. The van der Waals surface area contributed by atoms with E-state index < -0.39 is 0 Å². The number of aromatic nitrogens is 2. The Morgan fingerprint density at radius 2 is 2.09 bits per heavy atom. The zero-order valence-corrected chi connectivity index (χ0v) is 13.1. The number of hydrogen-bond acceptors (Lipinski definition) is 3. The van der Waals surface area contributed by atoms with Crippen LogP contribution in [0.5, 0.6) is 0 Å². The van der Waals surface area contributed by atoms with Gasteiger partial charge in [0.15, 0.2) is 0 Å². The van der Waals surface area contributed by atoms with E-state index in [1.807, 2.05) is 23.0 Å². The second-order valence-corrected chi connectivity index (χ2v) is 6.50. The van der Waals surface area contributed by atoms with Crippen LogP contribution in [0, 0.1) is 11.8 Å². The molecule has 23 heavy (non-hydrogen) atoms. The van der Waals surface area contributed by atoms with E-state index in [0.717, 1.165) is 19.6 Å². The van der Waals surface area contributed by atoms with Gasteiger partial charge in [-0.1, -0.05) is 30.3 Å². The van der Waals surface area contributed by atoms with Crippen LogP contribution in [0.4, 0.5) is 0 Å². The third-order valence-corrected chi connectivity index (χ3v) is 5.14. The standard InChI is InChI=1S/C18H22N4O/c23-17(7-10-21-9-4-8-20-21)22-13-15-11-19-12-16(15)18(22)14-5-2-1-3-6-14/h1-6,8-9,15-16,18-19H,7,10-13H2/t15-,16-,18+/m0/s1. The Hall–Kier alpha value is -2.14. The van der Waals surface area contributed by atoms with Crippen molar-refractivity contribution in [3.8, 4) is 0 Å². The van der Waals surface area contributed by atoms with E-state index in [2.05, 4.69) is 39.6 Å². The third kappa shape index (κ3) is 2.77. The second-order valence-electron chi connectivity index (χ2n) is 6.50. The average molecular weight is 310 g/mol. The smallest absolute Gasteiger partial charge is 0.224 e. The number of likely N-dealkylation sites (tertiary alicyclic amines) is 1. The molecule has 2 fully saturated rings. The zero-order valence-electron chi connectivity index (χ0n) is 13.1. The van der Waals surface area contributed by atoms with Crippen molar-refractivity contribution >= 4 is 5.91 Å². The molecule has 1 aromatic heterocycles. The largest absolute Gasteiger partial charge is 0.335 e. The predicted molar refractivity (Wildman–Crippen MR) is 87.6 cm³/mol. The Morgan fingerprint density at radius 3 is 2.87 bits per heavy atom. The molecule has 1 amide bonds. The molecule has 0 radical (unpaired) electrons. The van der Waals surface area contributed by atoms with Crippen LogP contribution in [0.1, 0.15) is 18.0 Å². The summed E-state index contributed by atoms with van der Waals surface area (Å²) in [6.07, 6.45) is 4.17. The van der Waals surface area contributed by atoms with E-state index in [0.29, 0.717) is 24.8 Å². The Labute approximate surface area is 136 Å². The van der Waals surface area contributed by atoms with Crippen molar-refractivity contribution in [3.05, 3.63) is 54.4 Å². The maximum absolute atomic E-state index is 12.8. The Morgan fingerprint density at radius 1 is 1.22 bits per heavy atom. The molecule has 5 nitrogen and oxygen atoms in total. The summed E-state index contributed by atoms with van der Waals surface area (Å²) in [5, 5.41) is 7.67. The fourth-order valence-corrected chi connectivity index (χ4v) is 4.04. The quantitative estimate of drug-likeness (QED) is 0.935. The molecule has 0 aliphatic carbocycles. The topological polar surface area (TPSA) is 50.2 Å². The number of rotatable bonds is 4. The lowest BCUT2D eigenvalue weighted by Crippen LogP contribution is -2.35. The van der Waals surface area contributed by atoms with Crippen LogP contribution in [-0.4, -0.2) is 40.2 Å². The molecule has 5 heteroatoms. The highest BCUT2D eigenvalue weighted by Crippen LogP contribution is 2.42. The van der Waals surface area contributed by atoms with Crippen LogP contribution in [0.15, 0.2) is 48.8 Å². The van der Waals surface area contributed by atoms with Gasteiger partial charge in [-0.05, 0) is 17.5 Å². The molecule has 2 aromatic rings. The molecule has 0 saturated carbocycles. The van der Waals surface area contributed by atoms with Crippen LogP contribution in [0.2, 0.25) is 0 Å². The van der Waals surface area contributed by atoms with Gasteiger partial charge in [-0.25, -0.2) is 0 Å². The number of hydrogen-bond donors (Lipinski definition) is 1. The molecule has 1 aromatic carbocycles. The molecule has 2 aliphatic heterocycles. The molecule has 0 bridgehead atoms. The van der Waals surface area contributed by atoms with Crippen molar-refractivity contribution in [2.24, 2.45) is 11.8 Å². The molecule has 2 aliphatic rings. The first-order valence-corrected chi connectivity index (χ1v) is 8.35. The SMILES string of the molecule is O=C(CCn1cccn1)N1C[C@@H]2CNC[C@@H]2[C@H]1c1ccccc1. The fourth-order valence-electron chi connectivity index (χ4n) is 4.04. The number of carbonyl (C=O) groups excluding carboxylic acids is 1. The second kappa shape index (κ2) is 6.16. The van der Waals surface area contributed by atoms with Crippen molar-refractivity contribution in [2.75, 3.05) is 19.6 Å². The Bertz CT molecular complexity index is 655. The van der Waals surface area contributed by atoms with Gasteiger partial charge >= 0.3 is 0 Å². The van der Waals surface area contributed by atoms with Gasteiger partial charge in [0.2, 0.25) is 5.91 Å². The first-order valence-electron chi connectivity index (χ1n) is 8.35. The van der Waals surface area contributed by atoms with Gasteiger partial charge in [0.1, 0.15) is 0 Å². The van der Waals surface area contributed by atoms with Gasteiger partial charge in [-0.3, -0.25) is 9.48 Å². The van der Waals surface area contributed by atoms with Crippen LogP contribution >= 0.6 is 0 Å². The third-order valence-electron chi connectivity index (χ3n) is 5.14. The first-order chi connectivity index (χ1) is 11.3. The molecule has 3 atom stereocenters. The van der Waals surface area contributed by atoms with Crippen molar-refractivity contribution in [1.82, 2.24) is 20.0 Å². The summed E-state index contributed by atoms with van der Waals surface area (Å²) in [7, 11) is 0. The van der Waals surface area contributed by atoms with E-state index in [4.69, 9.17) is 0 Å². The van der Waals surface area contributed by atoms with Crippen molar-refractivity contribution in [1.29, 1.82) is 0 Å². The lowest BCUT2D eigenvalue weighted by molar-refractivity contribution is -0.133. The minimum Gasteiger partial charge on any atom is -0.335 e. The molecular weight excluding hydrogens is 288 g/mol. The van der Waals surface area contributed by atoms with E-state index in [1.165, 1.54) is 5.56 Å². The predicted octanol–water partition coefficient (Wildman–Crippen LogP) is 1.69. The van der Waals surface area contributed by atoms with Gasteiger partial charge < -0.3 is 10.2 Å². The van der Waals surface area contributed by atoms with Gasteiger partial charge in [-0.15, -0.1) is 0 Å². The molecule has 120 valence electrons.